The first-order valence-corrected chi connectivity index (χ1v) is 10.2. The van der Waals surface area contributed by atoms with E-state index in [4.69, 9.17) is 4.74 Å². The summed E-state index contributed by atoms with van der Waals surface area (Å²) < 4.78 is 5.20. The van der Waals surface area contributed by atoms with Gasteiger partial charge in [-0.05, 0) is 30.7 Å². The minimum atomic E-state index is 0.634. The van der Waals surface area contributed by atoms with Crippen LogP contribution in [-0.4, -0.2) is 73.8 Å². The normalized spacial score (nSPS) is 15.2. The highest BCUT2D eigenvalue weighted by molar-refractivity contribution is 5.79. The molecule has 1 aromatic carbocycles. The third-order valence-corrected chi connectivity index (χ3v) is 4.85. The molecule has 0 radical (unpaired) electrons. The van der Waals surface area contributed by atoms with Crippen LogP contribution in [0, 0.1) is 0 Å². The van der Waals surface area contributed by atoms with E-state index in [-0.39, 0.29) is 0 Å². The van der Waals surface area contributed by atoms with E-state index in [0.717, 1.165) is 69.0 Å². The number of anilines is 1. The summed E-state index contributed by atoms with van der Waals surface area (Å²) in [4.78, 5) is 18.1. The molecule has 0 bridgehead atoms. The van der Waals surface area contributed by atoms with E-state index in [1.165, 1.54) is 0 Å². The molecule has 1 aliphatic rings. The van der Waals surface area contributed by atoms with Crippen LogP contribution in [0.2, 0.25) is 0 Å². The van der Waals surface area contributed by atoms with E-state index in [1.807, 2.05) is 30.3 Å². The molecule has 2 heterocycles. The van der Waals surface area contributed by atoms with E-state index in [1.54, 1.807) is 19.5 Å². The number of guanidine groups is 1. The van der Waals surface area contributed by atoms with Crippen LogP contribution in [0.4, 0.5) is 5.95 Å². The second-order valence-electron chi connectivity index (χ2n) is 6.85. The van der Waals surface area contributed by atoms with Crippen molar-refractivity contribution in [2.75, 3.05) is 57.8 Å². The number of nitrogens with zero attached hydrogens (tertiary/aromatic N) is 5. The molecule has 1 aromatic heterocycles. The van der Waals surface area contributed by atoms with E-state index in [2.05, 4.69) is 42.3 Å². The van der Waals surface area contributed by atoms with Crippen LogP contribution in [0.1, 0.15) is 12.5 Å². The first-order chi connectivity index (χ1) is 14.3. The minimum absolute atomic E-state index is 0.634. The van der Waals surface area contributed by atoms with Crippen molar-refractivity contribution in [2.24, 2.45) is 4.99 Å². The summed E-state index contributed by atoms with van der Waals surface area (Å²) >= 11 is 0. The van der Waals surface area contributed by atoms with Crippen LogP contribution < -0.4 is 20.3 Å². The number of hydrogen-bond donors (Lipinski definition) is 2. The lowest BCUT2D eigenvalue weighted by Gasteiger charge is -2.34. The lowest BCUT2D eigenvalue weighted by Crippen LogP contribution is -2.49. The Hall–Kier alpha value is -2.87. The van der Waals surface area contributed by atoms with E-state index in [9.17, 15) is 0 Å². The van der Waals surface area contributed by atoms with Crippen LogP contribution in [0.25, 0.3) is 0 Å². The fourth-order valence-corrected chi connectivity index (χ4v) is 3.20. The third-order valence-electron chi connectivity index (χ3n) is 4.85. The number of methoxy groups -OCH3 is 1. The smallest absolute Gasteiger partial charge is 0.225 e. The molecule has 0 atom stereocenters. The maximum atomic E-state index is 5.20. The van der Waals surface area contributed by atoms with E-state index >= 15 is 0 Å². The van der Waals surface area contributed by atoms with Crippen molar-refractivity contribution in [1.29, 1.82) is 0 Å². The number of ether oxygens (including phenoxy) is 1. The molecule has 1 saturated heterocycles. The first-order valence-electron chi connectivity index (χ1n) is 10.2. The zero-order valence-electron chi connectivity index (χ0n) is 17.3. The molecular weight excluding hydrogens is 366 g/mol. The molecule has 0 aliphatic carbocycles. The monoisotopic (exact) mass is 397 g/mol. The SMILES string of the molecule is CCNC(=NCc1ccc(OC)cc1)NCCN1CCN(c2ncccn2)CC1. The highest BCUT2D eigenvalue weighted by atomic mass is 16.5. The fraction of sp³-hybridized carbons (Fsp3) is 0.476. The van der Waals surface area contributed by atoms with Gasteiger partial charge >= 0.3 is 0 Å². The zero-order valence-corrected chi connectivity index (χ0v) is 17.3. The number of aromatic nitrogens is 2. The standard InChI is InChI=1S/C21H31N7O/c1-3-22-20(26-17-18-5-7-19(29-2)8-6-18)23-11-12-27-13-15-28(16-14-27)21-24-9-4-10-25-21/h4-10H,3,11-17H2,1-2H3,(H2,22,23,26). The summed E-state index contributed by atoms with van der Waals surface area (Å²) in [6.45, 7) is 9.33. The number of rotatable bonds is 8. The Kier molecular flexibility index (Phi) is 8.06. The largest absolute Gasteiger partial charge is 0.497 e. The summed E-state index contributed by atoms with van der Waals surface area (Å²) in [5, 5.41) is 6.75. The van der Waals surface area contributed by atoms with Crippen molar-refractivity contribution in [3.05, 3.63) is 48.3 Å². The van der Waals surface area contributed by atoms with Crippen LogP contribution >= 0.6 is 0 Å². The Morgan fingerprint density at radius 1 is 1.07 bits per heavy atom. The number of hydrogen-bond acceptors (Lipinski definition) is 6. The van der Waals surface area contributed by atoms with Crippen molar-refractivity contribution in [3.8, 4) is 5.75 Å². The summed E-state index contributed by atoms with van der Waals surface area (Å²) in [6.07, 6.45) is 3.60. The molecular formula is C21H31N7O. The second-order valence-corrected chi connectivity index (χ2v) is 6.85. The molecule has 0 amide bonds. The molecule has 8 nitrogen and oxygen atoms in total. The highest BCUT2D eigenvalue weighted by Gasteiger charge is 2.18. The number of aliphatic imine (C=N–C) groups is 1. The Morgan fingerprint density at radius 2 is 1.79 bits per heavy atom. The van der Waals surface area contributed by atoms with Gasteiger partial charge in [-0.15, -0.1) is 0 Å². The summed E-state index contributed by atoms with van der Waals surface area (Å²) in [6, 6.07) is 9.86. The van der Waals surface area contributed by atoms with Gasteiger partial charge < -0.3 is 20.3 Å². The molecule has 29 heavy (non-hydrogen) atoms. The highest BCUT2D eigenvalue weighted by Crippen LogP contribution is 2.12. The average molecular weight is 398 g/mol. The van der Waals surface area contributed by atoms with Crippen molar-refractivity contribution < 1.29 is 4.74 Å². The lowest BCUT2D eigenvalue weighted by atomic mass is 10.2. The molecule has 0 unspecified atom stereocenters. The van der Waals surface area contributed by atoms with Gasteiger partial charge in [-0.2, -0.15) is 0 Å². The molecule has 0 saturated carbocycles. The maximum absolute atomic E-state index is 5.20. The Morgan fingerprint density at radius 3 is 2.45 bits per heavy atom. The molecule has 1 aliphatic heterocycles. The number of benzene rings is 1. The van der Waals surface area contributed by atoms with Crippen LogP contribution in [0.15, 0.2) is 47.7 Å². The van der Waals surface area contributed by atoms with Crippen molar-refractivity contribution in [3.63, 3.8) is 0 Å². The van der Waals surface area contributed by atoms with Gasteiger partial charge in [0.1, 0.15) is 5.75 Å². The predicted octanol–water partition coefficient (Wildman–Crippen LogP) is 1.36. The summed E-state index contributed by atoms with van der Waals surface area (Å²) in [5.74, 6) is 2.53. The Bertz CT molecular complexity index is 743. The number of piperazine rings is 1. The van der Waals surface area contributed by atoms with Crippen molar-refractivity contribution >= 4 is 11.9 Å². The zero-order chi connectivity index (χ0) is 20.3. The molecule has 2 N–H and O–H groups in total. The van der Waals surface area contributed by atoms with Gasteiger partial charge in [0, 0.05) is 58.2 Å². The van der Waals surface area contributed by atoms with Gasteiger partial charge in [0.25, 0.3) is 0 Å². The van der Waals surface area contributed by atoms with Crippen LogP contribution in [-0.2, 0) is 6.54 Å². The Labute approximate surface area is 173 Å². The predicted molar refractivity (Wildman–Crippen MR) is 116 cm³/mol. The van der Waals surface area contributed by atoms with Crippen molar-refractivity contribution in [2.45, 2.75) is 13.5 Å². The quantitative estimate of drug-likeness (QED) is 0.514. The lowest BCUT2D eigenvalue weighted by molar-refractivity contribution is 0.260. The third kappa shape index (κ3) is 6.60. The molecule has 2 aromatic rings. The Balaban J connectivity index is 1.41. The summed E-state index contributed by atoms with van der Waals surface area (Å²) in [5.41, 5.74) is 1.15. The molecule has 8 heteroatoms. The fourth-order valence-electron chi connectivity index (χ4n) is 3.20. The van der Waals surface area contributed by atoms with Crippen LogP contribution in [0.5, 0.6) is 5.75 Å². The second kappa shape index (κ2) is 11.2. The molecule has 0 spiro atoms. The summed E-state index contributed by atoms with van der Waals surface area (Å²) in [7, 11) is 1.68. The molecule has 156 valence electrons. The van der Waals surface area contributed by atoms with Gasteiger partial charge in [0.2, 0.25) is 5.95 Å². The maximum Gasteiger partial charge on any atom is 0.225 e. The topological polar surface area (TPSA) is 77.9 Å². The van der Waals surface area contributed by atoms with Gasteiger partial charge in [-0.25, -0.2) is 15.0 Å². The van der Waals surface area contributed by atoms with Gasteiger partial charge in [0.05, 0.1) is 13.7 Å². The number of nitrogens with one attached hydrogen (secondary N) is 2. The van der Waals surface area contributed by atoms with Gasteiger partial charge in [0.15, 0.2) is 5.96 Å². The minimum Gasteiger partial charge on any atom is -0.497 e. The molecule has 3 rings (SSSR count). The van der Waals surface area contributed by atoms with Crippen LogP contribution in [0.3, 0.4) is 0 Å². The average Bonchev–Trinajstić information content (AvgIpc) is 2.79. The van der Waals surface area contributed by atoms with Gasteiger partial charge in [-0.1, -0.05) is 12.1 Å². The molecule has 1 fully saturated rings. The van der Waals surface area contributed by atoms with Gasteiger partial charge in [-0.3, -0.25) is 4.90 Å². The van der Waals surface area contributed by atoms with E-state index in [0.29, 0.717) is 6.54 Å². The van der Waals surface area contributed by atoms with E-state index < -0.39 is 0 Å². The van der Waals surface area contributed by atoms with Crippen molar-refractivity contribution in [1.82, 2.24) is 25.5 Å². The first kappa shape index (κ1) is 20.9.